The Balaban J connectivity index is 2.14. The third kappa shape index (κ3) is 2.23. The molecular weight excluding hydrogens is 293 g/mol. The molecule has 0 saturated heterocycles. The Kier molecular flexibility index (Phi) is 3.32. The second-order valence-corrected chi connectivity index (χ2v) is 5.55. The lowest BCUT2D eigenvalue weighted by Crippen LogP contribution is -2.05. The van der Waals surface area contributed by atoms with Crippen molar-refractivity contribution < 1.29 is 0 Å². The van der Waals surface area contributed by atoms with Crippen molar-refractivity contribution >= 4 is 40.2 Å². The molecule has 2 N–H and O–H groups in total. The number of imidazole rings is 1. The van der Waals surface area contributed by atoms with Crippen LogP contribution in [-0.4, -0.2) is 9.55 Å². The van der Waals surface area contributed by atoms with Crippen LogP contribution in [0.25, 0.3) is 11.0 Å². The fraction of sp³-hybridized carbons (Fsp3) is 0.133. The van der Waals surface area contributed by atoms with E-state index in [2.05, 4.69) is 24.0 Å². The summed E-state index contributed by atoms with van der Waals surface area (Å²) in [6, 6.07) is 11.7. The molecule has 0 unspecified atom stereocenters. The first kappa shape index (κ1) is 13.3. The minimum atomic E-state index is 0.460. The van der Waals surface area contributed by atoms with E-state index in [9.17, 15) is 0 Å². The van der Waals surface area contributed by atoms with Gasteiger partial charge < -0.3 is 10.3 Å². The second-order valence-electron chi connectivity index (χ2n) is 4.74. The highest BCUT2D eigenvalue weighted by molar-refractivity contribution is 6.42. The lowest BCUT2D eigenvalue weighted by atomic mass is 10.1. The lowest BCUT2D eigenvalue weighted by molar-refractivity contribution is 0.832. The molecule has 102 valence electrons. The predicted octanol–water partition coefficient (Wildman–Crippen LogP) is 4.28. The van der Waals surface area contributed by atoms with Gasteiger partial charge in [-0.2, -0.15) is 0 Å². The molecule has 0 saturated carbocycles. The first-order valence-electron chi connectivity index (χ1n) is 6.21. The molecule has 0 aliphatic heterocycles. The van der Waals surface area contributed by atoms with Gasteiger partial charge in [-0.15, -0.1) is 0 Å². The Morgan fingerprint density at radius 2 is 1.85 bits per heavy atom. The minimum Gasteiger partial charge on any atom is -0.369 e. The van der Waals surface area contributed by atoms with Crippen molar-refractivity contribution in [2.24, 2.45) is 0 Å². The molecule has 3 aromatic rings. The average molecular weight is 306 g/mol. The number of hydrogen-bond donors (Lipinski definition) is 1. The van der Waals surface area contributed by atoms with Crippen LogP contribution in [0.2, 0.25) is 10.0 Å². The molecule has 5 heteroatoms. The zero-order chi connectivity index (χ0) is 14.3. The summed E-state index contributed by atoms with van der Waals surface area (Å²) in [5.41, 5.74) is 10.1. The Labute approximate surface area is 126 Å². The van der Waals surface area contributed by atoms with Gasteiger partial charge in [0.1, 0.15) is 0 Å². The molecule has 0 bridgehead atoms. The third-order valence-corrected chi connectivity index (χ3v) is 4.13. The maximum Gasteiger partial charge on any atom is 0.201 e. The van der Waals surface area contributed by atoms with Gasteiger partial charge in [-0.3, -0.25) is 0 Å². The topological polar surface area (TPSA) is 43.8 Å². The normalized spacial score (nSPS) is 11.2. The van der Waals surface area contributed by atoms with Crippen molar-refractivity contribution in [2.75, 3.05) is 5.73 Å². The smallest absolute Gasteiger partial charge is 0.201 e. The molecule has 0 amide bonds. The molecule has 2 aromatic carbocycles. The van der Waals surface area contributed by atoms with Crippen LogP contribution in [0.5, 0.6) is 0 Å². The van der Waals surface area contributed by atoms with E-state index < -0.39 is 0 Å². The van der Waals surface area contributed by atoms with Gasteiger partial charge in [0.05, 0.1) is 27.6 Å². The highest BCUT2D eigenvalue weighted by atomic mass is 35.5. The summed E-state index contributed by atoms with van der Waals surface area (Å²) >= 11 is 12.1. The fourth-order valence-electron chi connectivity index (χ4n) is 2.26. The van der Waals surface area contributed by atoms with E-state index in [1.807, 2.05) is 16.7 Å². The number of aromatic nitrogens is 2. The number of nitrogens with two attached hydrogens (primary N) is 1. The van der Waals surface area contributed by atoms with Gasteiger partial charge in [-0.05, 0) is 30.2 Å². The SMILES string of the molecule is Cc1ccccc1Cn1c(N)nc2cc(Cl)c(Cl)cc21. The van der Waals surface area contributed by atoms with Crippen LogP contribution >= 0.6 is 23.2 Å². The van der Waals surface area contributed by atoms with Crippen molar-refractivity contribution in [3.63, 3.8) is 0 Å². The highest BCUT2D eigenvalue weighted by Gasteiger charge is 2.12. The van der Waals surface area contributed by atoms with Crippen LogP contribution in [0.15, 0.2) is 36.4 Å². The van der Waals surface area contributed by atoms with E-state index in [0.29, 0.717) is 22.5 Å². The van der Waals surface area contributed by atoms with Crippen molar-refractivity contribution in [3.8, 4) is 0 Å². The van der Waals surface area contributed by atoms with E-state index in [1.54, 1.807) is 12.1 Å². The maximum atomic E-state index is 6.09. The summed E-state index contributed by atoms with van der Waals surface area (Å²) in [7, 11) is 0. The predicted molar refractivity (Wildman–Crippen MR) is 84.4 cm³/mol. The number of anilines is 1. The number of halogens is 2. The third-order valence-electron chi connectivity index (χ3n) is 3.41. The van der Waals surface area contributed by atoms with Crippen LogP contribution in [0.3, 0.4) is 0 Å². The molecule has 0 atom stereocenters. The highest BCUT2D eigenvalue weighted by Crippen LogP contribution is 2.29. The Hall–Kier alpha value is -1.71. The first-order chi connectivity index (χ1) is 9.56. The minimum absolute atomic E-state index is 0.460. The molecule has 1 heterocycles. The molecule has 0 spiro atoms. The van der Waals surface area contributed by atoms with E-state index in [0.717, 1.165) is 11.0 Å². The zero-order valence-electron chi connectivity index (χ0n) is 10.9. The van der Waals surface area contributed by atoms with Crippen molar-refractivity contribution in [2.45, 2.75) is 13.5 Å². The first-order valence-corrected chi connectivity index (χ1v) is 6.97. The number of nitrogen functional groups attached to an aromatic ring is 1. The van der Waals surface area contributed by atoms with Gasteiger partial charge in [0.25, 0.3) is 0 Å². The maximum absolute atomic E-state index is 6.09. The van der Waals surface area contributed by atoms with Gasteiger partial charge in [0.2, 0.25) is 5.95 Å². The Morgan fingerprint density at radius 3 is 2.60 bits per heavy atom. The molecule has 3 nitrogen and oxygen atoms in total. The standard InChI is InChI=1S/C15H13Cl2N3/c1-9-4-2-3-5-10(9)8-20-14-7-12(17)11(16)6-13(14)19-15(20)18/h2-7H,8H2,1H3,(H2,18,19). The number of rotatable bonds is 2. The molecular formula is C15H13Cl2N3. The molecule has 0 aliphatic rings. The number of hydrogen-bond acceptors (Lipinski definition) is 2. The summed E-state index contributed by atoms with van der Waals surface area (Å²) in [4.78, 5) is 4.34. The summed E-state index contributed by atoms with van der Waals surface area (Å²) in [5, 5.41) is 0.991. The Bertz CT molecular complexity index is 793. The van der Waals surface area contributed by atoms with Crippen LogP contribution in [0.1, 0.15) is 11.1 Å². The largest absolute Gasteiger partial charge is 0.369 e. The molecule has 3 rings (SSSR count). The molecule has 1 aromatic heterocycles. The van der Waals surface area contributed by atoms with Gasteiger partial charge >= 0.3 is 0 Å². The van der Waals surface area contributed by atoms with Gasteiger partial charge in [-0.25, -0.2) is 4.98 Å². The quantitative estimate of drug-likeness (QED) is 0.768. The van der Waals surface area contributed by atoms with E-state index in [4.69, 9.17) is 28.9 Å². The molecule has 0 fully saturated rings. The number of fused-ring (bicyclic) bond motifs is 1. The van der Waals surface area contributed by atoms with Crippen molar-refractivity contribution in [1.82, 2.24) is 9.55 Å². The monoisotopic (exact) mass is 305 g/mol. The van der Waals surface area contributed by atoms with Crippen molar-refractivity contribution in [3.05, 3.63) is 57.6 Å². The van der Waals surface area contributed by atoms with Gasteiger partial charge in [0, 0.05) is 0 Å². The van der Waals surface area contributed by atoms with Crippen molar-refractivity contribution in [1.29, 1.82) is 0 Å². The lowest BCUT2D eigenvalue weighted by Gasteiger charge is -2.09. The number of nitrogens with zero attached hydrogens (tertiary/aromatic N) is 2. The van der Waals surface area contributed by atoms with Crippen LogP contribution in [0, 0.1) is 6.92 Å². The molecule has 0 radical (unpaired) electrons. The zero-order valence-corrected chi connectivity index (χ0v) is 12.4. The Morgan fingerprint density at radius 1 is 1.15 bits per heavy atom. The molecule has 20 heavy (non-hydrogen) atoms. The van der Waals surface area contributed by atoms with Crippen LogP contribution in [-0.2, 0) is 6.54 Å². The van der Waals surface area contributed by atoms with E-state index in [1.165, 1.54) is 11.1 Å². The van der Waals surface area contributed by atoms with Crippen LogP contribution in [0.4, 0.5) is 5.95 Å². The number of aryl methyl sites for hydroxylation is 1. The van der Waals surface area contributed by atoms with E-state index >= 15 is 0 Å². The summed E-state index contributed by atoms with van der Waals surface area (Å²) in [6.45, 7) is 2.74. The summed E-state index contributed by atoms with van der Waals surface area (Å²) < 4.78 is 1.94. The summed E-state index contributed by atoms with van der Waals surface area (Å²) in [5.74, 6) is 0.460. The van der Waals surface area contributed by atoms with Gasteiger partial charge in [0.15, 0.2) is 0 Å². The van der Waals surface area contributed by atoms with Crippen LogP contribution < -0.4 is 5.73 Å². The average Bonchev–Trinajstić information content (AvgIpc) is 2.69. The number of benzene rings is 2. The second kappa shape index (κ2) is 5.00. The van der Waals surface area contributed by atoms with Gasteiger partial charge in [-0.1, -0.05) is 47.5 Å². The summed E-state index contributed by atoms with van der Waals surface area (Å²) in [6.07, 6.45) is 0. The fourth-order valence-corrected chi connectivity index (χ4v) is 2.58. The van der Waals surface area contributed by atoms with E-state index in [-0.39, 0.29) is 0 Å². The molecule has 0 aliphatic carbocycles.